The van der Waals surface area contributed by atoms with E-state index in [2.05, 4.69) is 0 Å². The molecule has 1 amide bonds. The van der Waals surface area contributed by atoms with Crippen LogP contribution in [0.2, 0.25) is 0 Å². The van der Waals surface area contributed by atoms with Crippen molar-refractivity contribution in [2.75, 3.05) is 0 Å². The van der Waals surface area contributed by atoms with Crippen LogP contribution in [0, 0.1) is 0 Å². The Kier molecular flexibility index (Phi) is 3.17. The first-order valence-corrected chi connectivity index (χ1v) is 4.10. The lowest BCUT2D eigenvalue weighted by molar-refractivity contribution is -0.695. The summed E-state index contributed by atoms with van der Waals surface area (Å²) >= 11 is 0. The molecule has 0 spiro atoms. The molecule has 74 valence electrons. The molecule has 0 saturated carbocycles. The molecular formula is C9H11N2O3+. The largest absolute Gasteiger partial charge is 0.478 e. The molecular weight excluding hydrogens is 184 g/mol. The Hall–Kier alpha value is -1.91. The highest BCUT2D eigenvalue weighted by molar-refractivity contribution is 5.87. The zero-order chi connectivity index (χ0) is 10.6. The van der Waals surface area contributed by atoms with E-state index in [1.165, 1.54) is 12.1 Å². The number of pyridine rings is 1. The van der Waals surface area contributed by atoms with E-state index in [0.29, 0.717) is 6.54 Å². The number of carbonyl (C=O) groups excluding carboxylic acids is 1. The van der Waals surface area contributed by atoms with Crippen molar-refractivity contribution in [2.24, 2.45) is 5.73 Å². The molecule has 0 bridgehead atoms. The van der Waals surface area contributed by atoms with Crippen LogP contribution < -0.4 is 10.3 Å². The van der Waals surface area contributed by atoms with E-state index in [1.807, 2.05) is 0 Å². The summed E-state index contributed by atoms with van der Waals surface area (Å²) in [6.45, 7) is 0.467. The number of carboxylic acids is 1. The van der Waals surface area contributed by atoms with Gasteiger partial charge in [0, 0.05) is 12.1 Å². The predicted octanol–water partition coefficient (Wildman–Crippen LogP) is -0.452. The number of aryl methyl sites for hydroxylation is 1. The van der Waals surface area contributed by atoms with Crippen molar-refractivity contribution in [3.63, 3.8) is 0 Å². The average Bonchev–Trinajstić information content (AvgIpc) is 2.15. The number of nitrogens with two attached hydrogens (primary N) is 1. The van der Waals surface area contributed by atoms with Gasteiger partial charge in [-0.15, -0.1) is 0 Å². The number of rotatable bonds is 4. The van der Waals surface area contributed by atoms with Gasteiger partial charge in [0.05, 0.1) is 12.0 Å². The van der Waals surface area contributed by atoms with Crippen LogP contribution in [0.4, 0.5) is 0 Å². The third kappa shape index (κ3) is 2.85. The minimum absolute atomic E-state index is 0.223. The lowest BCUT2D eigenvalue weighted by atomic mass is 10.3. The molecule has 3 N–H and O–H groups in total. The molecule has 0 unspecified atom stereocenters. The Morgan fingerprint density at radius 2 is 1.93 bits per heavy atom. The highest BCUT2D eigenvalue weighted by atomic mass is 16.4. The van der Waals surface area contributed by atoms with E-state index >= 15 is 0 Å². The van der Waals surface area contributed by atoms with Crippen LogP contribution in [0.1, 0.15) is 16.8 Å². The molecule has 5 nitrogen and oxygen atoms in total. The molecule has 1 heterocycles. The first kappa shape index (κ1) is 10.2. The first-order chi connectivity index (χ1) is 6.59. The Morgan fingerprint density at radius 1 is 1.36 bits per heavy atom. The molecule has 0 aliphatic heterocycles. The van der Waals surface area contributed by atoms with E-state index in [-0.39, 0.29) is 17.9 Å². The van der Waals surface area contributed by atoms with Crippen LogP contribution in [0.3, 0.4) is 0 Å². The van der Waals surface area contributed by atoms with Crippen LogP contribution in [0.25, 0.3) is 0 Å². The molecule has 1 aromatic heterocycles. The molecule has 0 aliphatic carbocycles. The van der Waals surface area contributed by atoms with Gasteiger partial charge in [0.15, 0.2) is 18.9 Å². The molecule has 0 radical (unpaired) electrons. The number of amides is 1. The molecule has 5 heteroatoms. The number of carbonyl (C=O) groups is 2. The summed E-state index contributed by atoms with van der Waals surface area (Å²) in [4.78, 5) is 21.0. The summed E-state index contributed by atoms with van der Waals surface area (Å²) < 4.78 is 1.71. The van der Waals surface area contributed by atoms with Gasteiger partial charge >= 0.3 is 5.97 Å². The Bertz CT molecular complexity index is 346. The predicted molar refractivity (Wildman–Crippen MR) is 47.4 cm³/mol. The first-order valence-electron chi connectivity index (χ1n) is 4.10. The Labute approximate surface area is 80.8 Å². The third-order valence-corrected chi connectivity index (χ3v) is 1.75. The van der Waals surface area contributed by atoms with Crippen LogP contribution in [0.5, 0.6) is 0 Å². The molecule has 0 saturated heterocycles. The summed E-state index contributed by atoms with van der Waals surface area (Å²) in [5.74, 6) is -1.34. The second kappa shape index (κ2) is 4.36. The van der Waals surface area contributed by atoms with Crippen molar-refractivity contribution in [3.8, 4) is 0 Å². The van der Waals surface area contributed by atoms with E-state index in [0.717, 1.165) is 0 Å². The van der Waals surface area contributed by atoms with Gasteiger partial charge in [-0.3, -0.25) is 4.79 Å². The summed E-state index contributed by atoms with van der Waals surface area (Å²) in [5.41, 5.74) is 5.19. The van der Waals surface area contributed by atoms with Gasteiger partial charge in [0.1, 0.15) is 0 Å². The maximum atomic E-state index is 10.5. The number of aromatic nitrogens is 1. The normalized spacial score (nSPS) is 9.71. The fourth-order valence-corrected chi connectivity index (χ4v) is 0.988. The van der Waals surface area contributed by atoms with Crippen molar-refractivity contribution >= 4 is 11.9 Å². The number of aromatic carboxylic acids is 1. The van der Waals surface area contributed by atoms with Crippen molar-refractivity contribution in [3.05, 3.63) is 30.1 Å². The van der Waals surface area contributed by atoms with Gasteiger partial charge in [-0.1, -0.05) is 0 Å². The summed E-state index contributed by atoms with van der Waals surface area (Å²) in [5, 5.41) is 8.61. The number of hydrogen-bond acceptors (Lipinski definition) is 2. The minimum atomic E-state index is -0.966. The van der Waals surface area contributed by atoms with Gasteiger partial charge < -0.3 is 10.8 Å². The van der Waals surface area contributed by atoms with Crippen LogP contribution >= 0.6 is 0 Å². The van der Waals surface area contributed by atoms with Crippen LogP contribution in [-0.2, 0) is 11.3 Å². The SMILES string of the molecule is NC(=O)CC[n+]1ccc(C(=O)O)cc1. The lowest BCUT2D eigenvalue weighted by Gasteiger charge is -1.95. The fraction of sp³-hybridized carbons (Fsp3) is 0.222. The maximum Gasteiger partial charge on any atom is 0.336 e. The fourth-order valence-electron chi connectivity index (χ4n) is 0.988. The Balaban J connectivity index is 2.64. The standard InChI is InChI=1S/C9H10N2O3/c10-8(12)3-6-11-4-1-7(2-5-11)9(13)14/h1-2,4-5H,3,6H2,(H2-,10,12,13,14)/p+1. The number of carboxylic acid groups (broad SMARTS) is 1. The topological polar surface area (TPSA) is 84.3 Å². The summed E-state index contributed by atoms with van der Waals surface area (Å²) in [6.07, 6.45) is 3.45. The van der Waals surface area contributed by atoms with Crippen LogP contribution in [0.15, 0.2) is 24.5 Å². The molecule has 0 fully saturated rings. The third-order valence-electron chi connectivity index (χ3n) is 1.75. The van der Waals surface area contributed by atoms with Crippen molar-refractivity contribution in [1.29, 1.82) is 0 Å². The van der Waals surface area contributed by atoms with E-state index in [1.54, 1.807) is 17.0 Å². The molecule has 1 rings (SSSR count). The summed E-state index contributed by atoms with van der Waals surface area (Å²) in [7, 11) is 0. The van der Waals surface area contributed by atoms with Crippen molar-refractivity contribution in [2.45, 2.75) is 13.0 Å². The van der Waals surface area contributed by atoms with Gasteiger partial charge in [-0.05, 0) is 0 Å². The lowest BCUT2D eigenvalue weighted by Crippen LogP contribution is -2.35. The molecule has 0 aromatic carbocycles. The molecule has 1 aromatic rings. The number of primary amides is 1. The number of nitrogens with zero attached hydrogens (tertiary/aromatic N) is 1. The maximum absolute atomic E-state index is 10.5. The number of hydrogen-bond donors (Lipinski definition) is 2. The second-order valence-electron chi connectivity index (χ2n) is 2.85. The summed E-state index contributed by atoms with van der Waals surface area (Å²) in [6, 6.07) is 2.95. The van der Waals surface area contributed by atoms with Gasteiger partial charge in [0.2, 0.25) is 5.91 Å². The van der Waals surface area contributed by atoms with Crippen LogP contribution in [-0.4, -0.2) is 17.0 Å². The molecule has 14 heavy (non-hydrogen) atoms. The zero-order valence-electron chi connectivity index (χ0n) is 7.51. The van der Waals surface area contributed by atoms with E-state index in [4.69, 9.17) is 10.8 Å². The van der Waals surface area contributed by atoms with Gasteiger partial charge in [-0.25, -0.2) is 9.36 Å². The van der Waals surface area contributed by atoms with Gasteiger partial charge in [0.25, 0.3) is 0 Å². The highest BCUT2D eigenvalue weighted by Gasteiger charge is 2.06. The Morgan fingerprint density at radius 3 is 2.36 bits per heavy atom. The quantitative estimate of drug-likeness (QED) is 0.638. The average molecular weight is 195 g/mol. The second-order valence-corrected chi connectivity index (χ2v) is 2.85. The van der Waals surface area contributed by atoms with E-state index < -0.39 is 5.97 Å². The minimum Gasteiger partial charge on any atom is -0.478 e. The van der Waals surface area contributed by atoms with Gasteiger partial charge in [-0.2, -0.15) is 0 Å². The van der Waals surface area contributed by atoms with Crippen molar-refractivity contribution in [1.82, 2.24) is 0 Å². The highest BCUT2D eigenvalue weighted by Crippen LogP contribution is 1.94. The molecule has 0 atom stereocenters. The molecule has 0 aliphatic rings. The van der Waals surface area contributed by atoms with E-state index in [9.17, 15) is 9.59 Å². The van der Waals surface area contributed by atoms with Crippen molar-refractivity contribution < 1.29 is 19.3 Å². The zero-order valence-corrected chi connectivity index (χ0v) is 7.51. The smallest absolute Gasteiger partial charge is 0.336 e. The monoisotopic (exact) mass is 195 g/mol.